The molecule has 1 amide bonds. The van der Waals surface area contributed by atoms with Gasteiger partial charge in [-0.1, -0.05) is 30.0 Å². The van der Waals surface area contributed by atoms with Gasteiger partial charge in [0.1, 0.15) is 4.32 Å². The molecule has 1 aromatic heterocycles. The van der Waals surface area contributed by atoms with Crippen molar-refractivity contribution in [2.45, 2.75) is 25.2 Å². The lowest BCUT2D eigenvalue weighted by Crippen LogP contribution is -2.29. The maximum absolute atomic E-state index is 13.3. The van der Waals surface area contributed by atoms with Gasteiger partial charge in [-0.25, -0.2) is 0 Å². The summed E-state index contributed by atoms with van der Waals surface area (Å²) < 4.78 is 90.9. The van der Waals surface area contributed by atoms with Crippen molar-refractivity contribution in [3.63, 3.8) is 0 Å². The summed E-state index contributed by atoms with van der Waals surface area (Å²) in [6.45, 7) is 0.369. The lowest BCUT2D eigenvalue weighted by Gasteiger charge is -2.16. The van der Waals surface area contributed by atoms with Crippen molar-refractivity contribution < 1.29 is 50.5 Å². The van der Waals surface area contributed by atoms with E-state index in [4.69, 9.17) is 26.8 Å². The van der Waals surface area contributed by atoms with Crippen LogP contribution in [-0.4, -0.2) is 46.5 Å². The second kappa shape index (κ2) is 13.0. The SMILES string of the molecule is COc1ccc(CC(=O)O)cc1OCCCN1C(=O)C(=Cc2cc(-c3cc(C(F)(F)F)cc(C(F)(F)F)c3)cs2)SC1=S. The molecular weight excluding hydrogens is 640 g/mol. The molecule has 1 N–H and O–H groups in total. The summed E-state index contributed by atoms with van der Waals surface area (Å²) in [6.07, 6.45) is -8.27. The summed E-state index contributed by atoms with van der Waals surface area (Å²) in [7, 11) is 1.45. The third-order valence-corrected chi connectivity index (χ3v) is 8.31. The van der Waals surface area contributed by atoms with Gasteiger partial charge in [0, 0.05) is 11.4 Å². The molecule has 15 heteroatoms. The number of rotatable bonds is 10. The van der Waals surface area contributed by atoms with Crippen LogP contribution in [0.2, 0.25) is 0 Å². The summed E-state index contributed by atoms with van der Waals surface area (Å²) >= 11 is 7.41. The van der Waals surface area contributed by atoms with E-state index >= 15 is 0 Å². The number of ether oxygens (including phenoxy) is 2. The fourth-order valence-electron chi connectivity index (χ4n) is 4.05. The van der Waals surface area contributed by atoms with Crippen molar-refractivity contribution in [1.29, 1.82) is 0 Å². The number of hydrogen-bond donors (Lipinski definition) is 1. The summed E-state index contributed by atoms with van der Waals surface area (Å²) in [6, 6.07) is 7.56. The van der Waals surface area contributed by atoms with Gasteiger partial charge < -0.3 is 14.6 Å². The van der Waals surface area contributed by atoms with Crippen molar-refractivity contribution in [1.82, 2.24) is 4.90 Å². The number of thiocarbonyl (C=S) groups is 1. The van der Waals surface area contributed by atoms with Crippen LogP contribution >= 0.6 is 35.3 Å². The van der Waals surface area contributed by atoms with Crippen LogP contribution in [0.5, 0.6) is 11.5 Å². The quantitative estimate of drug-likeness (QED) is 0.103. The smallest absolute Gasteiger partial charge is 0.416 e. The number of benzene rings is 2. The van der Waals surface area contributed by atoms with Gasteiger partial charge in [-0.05, 0) is 71.0 Å². The topological polar surface area (TPSA) is 76.1 Å². The van der Waals surface area contributed by atoms with Gasteiger partial charge in [0.05, 0.1) is 36.2 Å². The molecule has 0 saturated carbocycles. The van der Waals surface area contributed by atoms with Gasteiger partial charge in [-0.3, -0.25) is 14.5 Å². The Labute approximate surface area is 254 Å². The molecule has 2 heterocycles. The van der Waals surface area contributed by atoms with Crippen LogP contribution in [-0.2, 0) is 28.4 Å². The van der Waals surface area contributed by atoms with E-state index < -0.39 is 35.4 Å². The van der Waals surface area contributed by atoms with Gasteiger partial charge in [-0.2, -0.15) is 26.3 Å². The Morgan fingerprint density at radius 3 is 2.28 bits per heavy atom. The first-order chi connectivity index (χ1) is 20.2. The van der Waals surface area contributed by atoms with E-state index in [0.717, 1.165) is 23.1 Å². The lowest BCUT2D eigenvalue weighted by atomic mass is 10.0. The monoisotopic (exact) mass is 661 g/mol. The highest BCUT2D eigenvalue weighted by Gasteiger charge is 2.37. The molecule has 6 nitrogen and oxygen atoms in total. The first-order valence-corrected chi connectivity index (χ1v) is 14.4. The Morgan fingerprint density at radius 2 is 1.67 bits per heavy atom. The highest BCUT2D eigenvalue weighted by atomic mass is 32.2. The molecule has 43 heavy (non-hydrogen) atoms. The number of amides is 1. The zero-order valence-corrected chi connectivity index (χ0v) is 24.5. The molecule has 1 saturated heterocycles. The second-order valence-corrected chi connectivity index (χ2v) is 11.7. The van der Waals surface area contributed by atoms with E-state index in [1.54, 1.807) is 18.2 Å². The van der Waals surface area contributed by atoms with Crippen molar-refractivity contribution in [2.75, 3.05) is 20.3 Å². The highest BCUT2D eigenvalue weighted by molar-refractivity contribution is 8.26. The van der Waals surface area contributed by atoms with E-state index in [2.05, 4.69) is 0 Å². The molecule has 1 aliphatic heterocycles. The van der Waals surface area contributed by atoms with E-state index in [1.807, 2.05) is 0 Å². The number of thioether (sulfide) groups is 1. The van der Waals surface area contributed by atoms with Crippen LogP contribution in [0.25, 0.3) is 17.2 Å². The Balaban J connectivity index is 1.43. The van der Waals surface area contributed by atoms with Crippen LogP contribution < -0.4 is 9.47 Å². The van der Waals surface area contributed by atoms with Crippen molar-refractivity contribution in [3.8, 4) is 22.6 Å². The fraction of sp³-hybridized carbons (Fsp3) is 0.250. The number of halogens is 6. The van der Waals surface area contributed by atoms with Crippen LogP contribution in [0, 0.1) is 0 Å². The number of thiophene rings is 1. The van der Waals surface area contributed by atoms with Crippen LogP contribution in [0.15, 0.2) is 52.7 Å². The second-order valence-electron chi connectivity index (χ2n) is 9.12. The average Bonchev–Trinajstić information content (AvgIpc) is 3.49. The summed E-state index contributed by atoms with van der Waals surface area (Å²) in [5.74, 6) is -0.631. The minimum Gasteiger partial charge on any atom is -0.493 e. The van der Waals surface area contributed by atoms with Crippen LogP contribution in [0.3, 0.4) is 0 Å². The van der Waals surface area contributed by atoms with Crippen LogP contribution in [0.1, 0.15) is 28.0 Å². The number of carbonyl (C=O) groups is 2. The number of carboxylic acid groups (broad SMARTS) is 1. The Hall–Kier alpha value is -3.56. The number of methoxy groups -OCH3 is 1. The van der Waals surface area contributed by atoms with Gasteiger partial charge in [0.15, 0.2) is 11.5 Å². The minimum absolute atomic E-state index is 0.0697. The molecule has 3 aromatic rings. The van der Waals surface area contributed by atoms with Crippen LogP contribution in [0.4, 0.5) is 26.3 Å². The molecule has 0 unspecified atom stereocenters. The lowest BCUT2D eigenvalue weighted by molar-refractivity contribution is -0.143. The minimum atomic E-state index is -4.97. The van der Waals surface area contributed by atoms with E-state index in [0.29, 0.717) is 40.5 Å². The molecule has 0 aliphatic carbocycles. The molecule has 1 fully saturated rings. The Kier molecular flexibility index (Phi) is 9.76. The molecule has 0 radical (unpaired) electrons. The largest absolute Gasteiger partial charge is 0.493 e. The Morgan fingerprint density at radius 1 is 1.00 bits per heavy atom. The summed E-state index contributed by atoms with van der Waals surface area (Å²) in [4.78, 5) is 26.1. The number of nitrogens with zero attached hydrogens (tertiary/aromatic N) is 1. The van der Waals surface area contributed by atoms with Crippen molar-refractivity contribution in [3.05, 3.63) is 74.3 Å². The number of hydrogen-bond acceptors (Lipinski definition) is 7. The summed E-state index contributed by atoms with van der Waals surface area (Å²) in [5, 5.41) is 10.4. The van der Waals surface area contributed by atoms with E-state index in [1.165, 1.54) is 29.5 Å². The maximum atomic E-state index is 13.3. The fourth-order valence-corrected chi connectivity index (χ4v) is 6.27. The van der Waals surface area contributed by atoms with Gasteiger partial charge in [-0.15, -0.1) is 11.3 Å². The van der Waals surface area contributed by atoms with Crippen molar-refractivity contribution >= 4 is 57.6 Å². The molecule has 2 aromatic carbocycles. The van der Waals surface area contributed by atoms with Gasteiger partial charge in [0.25, 0.3) is 5.91 Å². The first-order valence-electron chi connectivity index (χ1n) is 12.3. The normalized spacial score (nSPS) is 15.0. The molecular formula is C28H21F6NO5S3. The molecule has 0 atom stereocenters. The first kappa shape index (κ1) is 32.4. The number of alkyl halides is 6. The third-order valence-electron chi connectivity index (χ3n) is 6.05. The number of carboxylic acids is 1. The number of aliphatic carboxylic acids is 1. The Bertz CT molecular complexity index is 1550. The predicted molar refractivity (Wildman–Crippen MR) is 154 cm³/mol. The highest BCUT2D eigenvalue weighted by Crippen LogP contribution is 2.40. The average molecular weight is 662 g/mol. The molecule has 1 aliphatic rings. The van der Waals surface area contributed by atoms with Gasteiger partial charge in [0.2, 0.25) is 0 Å². The molecule has 0 bridgehead atoms. The predicted octanol–water partition coefficient (Wildman–Crippen LogP) is 7.76. The zero-order chi connectivity index (χ0) is 31.5. The van der Waals surface area contributed by atoms with E-state index in [-0.39, 0.29) is 46.0 Å². The molecule has 0 spiro atoms. The third kappa shape index (κ3) is 8.09. The standard InChI is InChI=1S/C28H21F6NO5S3/c1-39-21-4-3-15(8-24(36)37)7-22(21)40-6-2-5-35-25(38)23(43-26(35)41)13-20-11-17(14-42-20)16-9-18(27(29,30)31)12-19(10-16)28(32,33)34/h3-4,7,9-14H,2,5-6,8H2,1H3,(H,36,37). The zero-order valence-electron chi connectivity index (χ0n) is 22.0. The summed E-state index contributed by atoms with van der Waals surface area (Å²) in [5.41, 5.74) is -2.42. The number of carbonyl (C=O) groups excluding carboxylic acids is 1. The molecule has 4 rings (SSSR count). The maximum Gasteiger partial charge on any atom is 0.416 e. The molecule has 228 valence electrons. The van der Waals surface area contributed by atoms with Crippen molar-refractivity contribution in [2.24, 2.45) is 0 Å². The van der Waals surface area contributed by atoms with E-state index in [9.17, 15) is 35.9 Å². The van der Waals surface area contributed by atoms with Gasteiger partial charge >= 0.3 is 18.3 Å².